The molecule has 0 aliphatic heterocycles. The predicted octanol–water partition coefficient (Wildman–Crippen LogP) is 2.64. The molecule has 0 radical (unpaired) electrons. The molecule has 92 valence electrons. The Morgan fingerprint density at radius 3 is 2.59 bits per heavy atom. The molecule has 0 saturated heterocycles. The number of benzene rings is 1. The molecule has 1 amide bonds. The Kier molecular flexibility index (Phi) is 5.22. The number of para-hydroxylation sites is 1. The van der Waals surface area contributed by atoms with Crippen LogP contribution in [0.1, 0.15) is 19.4 Å². The molecule has 0 heterocycles. The second-order valence-corrected chi connectivity index (χ2v) is 5.29. The van der Waals surface area contributed by atoms with Gasteiger partial charge in [0.15, 0.2) is 0 Å². The lowest BCUT2D eigenvalue weighted by atomic mass is 10.2. The number of thioether (sulfide) groups is 1. The van der Waals surface area contributed by atoms with Crippen molar-refractivity contribution in [2.75, 3.05) is 11.1 Å². The van der Waals surface area contributed by atoms with E-state index in [9.17, 15) is 9.59 Å². The highest BCUT2D eigenvalue weighted by Crippen LogP contribution is 2.17. The molecule has 0 aromatic heterocycles. The summed E-state index contributed by atoms with van der Waals surface area (Å²) in [7, 11) is 0. The van der Waals surface area contributed by atoms with Gasteiger partial charge in [0.1, 0.15) is 5.78 Å². The summed E-state index contributed by atoms with van der Waals surface area (Å²) < 4.78 is 0. The number of carbonyl (C=O) groups is 2. The minimum Gasteiger partial charge on any atom is -0.325 e. The van der Waals surface area contributed by atoms with Crippen molar-refractivity contribution < 1.29 is 9.59 Å². The van der Waals surface area contributed by atoms with Crippen molar-refractivity contribution in [3.63, 3.8) is 0 Å². The highest BCUT2D eigenvalue weighted by atomic mass is 32.2. The lowest BCUT2D eigenvalue weighted by Gasteiger charge is -2.12. The van der Waals surface area contributed by atoms with Gasteiger partial charge in [0.05, 0.1) is 11.0 Å². The standard InChI is InChI=1S/C13H17NO2S/c1-9-6-4-5-7-12(9)14-13(16)11(3)17-8-10(2)15/h4-7,11H,8H2,1-3H3,(H,14,16). The summed E-state index contributed by atoms with van der Waals surface area (Å²) in [5, 5.41) is 2.64. The molecule has 0 fully saturated rings. The fraction of sp³-hybridized carbons (Fsp3) is 0.385. The molecule has 0 saturated carbocycles. The van der Waals surface area contributed by atoms with Crippen molar-refractivity contribution >= 4 is 29.1 Å². The normalized spacial score (nSPS) is 11.9. The number of rotatable bonds is 5. The highest BCUT2D eigenvalue weighted by molar-refractivity contribution is 8.01. The third-order valence-corrected chi connectivity index (χ3v) is 3.60. The summed E-state index contributed by atoms with van der Waals surface area (Å²) in [6.07, 6.45) is 0. The Morgan fingerprint density at radius 2 is 2.00 bits per heavy atom. The van der Waals surface area contributed by atoms with Gasteiger partial charge in [0, 0.05) is 5.69 Å². The first kappa shape index (κ1) is 13.8. The van der Waals surface area contributed by atoms with Crippen molar-refractivity contribution in [2.24, 2.45) is 0 Å². The number of nitrogens with one attached hydrogen (secondary N) is 1. The first-order valence-electron chi connectivity index (χ1n) is 5.48. The average molecular weight is 251 g/mol. The summed E-state index contributed by atoms with van der Waals surface area (Å²) in [5.74, 6) is 0.401. The maximum absolute atomic E-state index is 11.8. The molecule has 0 aliphatic rings. The van der Waals surface area contributed by atoms with Gasteiger partial charge in [0.2, 0.25) is 5.91 Å². The van der Waals surface area contributed by atoms with Gasteiger partial charge in [-0.25, -0.2) is 0 Å². The summed E-state index contributed by atoms with van der Waals surface area (Å²) in [4.78, 5) is 22.7. The molecule has 17 heavy (non-hydrogen) atoms. The minimum absolute atomic E-state index is 0.0643. The molecule has 0 bridgehead atoms. The molecule has 1 aromatic rings. The van der Waals surface area contributed by atoms with Gasteiger partial charge in [-0.2, -0.15) is 0 Å². The molecule has 1 atom stereocenters. The van der Waals surface area contributed by atoms with Crippen molar-refractivity contribution in [1.82, 2.24) is 0 Å². The van der Waals surface area contributed by atoms with Gasteiger partial charge >= 0.3 is 0 Å². The zero-order valence-electron chi connectivity index (χ0n) is 10.3. The van der Waals surface area contributed by atoms with Gasteiger partial charge in [-0.1, -0.05) is 18.2 Å². The van der Waals surface area contributed by atoms with E-state index >= 15 is 0 Å². The maximum atomic E-state index is 11.8. The Labute approximate surface area is 106 Å². The Bertz CT molecular complexity index is 418. The molecular weight excluding hydrogens is 234 g/mol. The molecule has 3 nitrogen and oxygen atoms in total. The van der Waals surface area contributed by atoms with E-state index in [4.69, 9.17) is 0 Å². The summed E-state index contributed by atoms with van der Waals surface area (Å²) in [5.41, 5.74) is 1.86. The quantitative estimate of drug-likeness (QED) is 0.875. The Balaban J connectivity index is 2.54. The molecule has 0 aliphatic carbocycles. The summed E-state index contributed by atoms with van der Waals surface area (Å²) in [6, 6.07) is 7.63. The highest BCUT2D eigenvalue weighted by Gasteiger charge is 2.14. The Hall–Kier alpha value is -1.29. The number of anilines is 1. The number of hydrogen-bond acceptors (Lipinski definition) is 3. The van der Waals surface area contributed by atoms with Gasteiger partial charge in [0.25, 0.3) is 0 Å². The number of amides is 1. The molecule has 1 unspecified atom stereocenters. The fourth-order valence-corrected chi connectivity index (χ4v) is 1.96. The lowest BCUT2D eigenvalue weighted by Crippen LogP contribution is -2.23. The first-order valence-corrected chi connectivity index (χ1v) is 6.53. The van der Waals surface area contributed by atoms with Gasteiger partial charge in [-0.05, 0) is 32.4 Å². The van der Waals surface area contributed by atoms with Crippen LogP contribution in [0.5, 0.6) is 0 Å². The van der Waals surface area contributed by atoms with Gasteiger partial charge < -0.3 is 5.32 Å². The van der Waals surface area contributed by atoms with E-state index in [1.165, 1.54) is 18.7 Å². The van der Waals surface area contributed by atoms with E-state index < -0.39 is 0 Å². The second kappa shape index (κ2) is 6.45. The zero-order chi connectivity index (χ0) is 12.8. The molecular formula is C13H17NO2S. The molecule has 0 spiro atoms. The average Bonchev–Trinajstić information content (AvgIpc) is 2.28. The van der Waals surface area contributed by atoms with Gasteiger partial charge in [-0.15, -0.1) is 11.8 Å². The molecule has 4 heteroatoms. The van der Waals surface area contributed by atoms with Crippen LogP contribution in [0, 0.1) is 6.92 Å². The molecule has 1 aromatic carbocycles. The number of ketones is 1. The van der Waals surface area contributed by atoms with Crippen molar-refractivity contribution in [3.8, 4) is 0 Å². The van der Waals surface area contributed by atoms with Crippen LogP contribution in [-0.4, -0.2) is 22.7 Å². The van der Waals surface area contributed by atoms with Crippen LogP contribution in [0.3, 0.4) is 0 Å². The van der Waals surface area contributed by atoms with Crippen molar-refractivity contribution in [3.05, 3.63) is 29.8 Å². The van der Waals surface area contributed by atoms with E-state index in [-0.39, 0.29) is 16.9 Å². The topological polar surface area (TPSA) is 46.2 Å². The van der Waals surface area contributed by atoms with Crippen LogP contribution >= 0.6 is 11.8 Å². The molecule has 1 rings (SSSR count). The van der Waals surface area contributed by atoms with Crippen LogP contribution in [-0.2, 0) is 9.59 Å². The summed E-state index contributed by atoms with van der Waals surface area (Å²) in [6.45, 7) is 5.28. The maximum Gasteiger partial charge on any atom is 0.237 e. The predicted molar refractivity (Wildman–Crippen MR) is 72.4 cm³/mol. The van der Waals surface area contributed by atoms with E-state index in [0.717, 1.165) is 11.3 Å². The van der Waals surface area contributed by atoms with Crippen LogP contribution in [0.2, 0.25) is 0 Å². The van der Waals surface area contributed by atoms with Gasteiger partial charge in [-0.3, -0.25) is 9.59 Å². The number of Topliss-reactive ketones (excluding diaryl/α,β-unsaturated/α-hetero) is 1. The van der Waals surface area contributed by atoms with Crippen LogP contribution in [0.25, 0.3) is 0 Å². The fourth-order valence-electron chi connectivity index (χ4n) is 1.27. The van der Waals surface area contributed by atoms with E-state index in [2.05, 4.69) is 5.32 Å². The van der Waals surface area contributed by atoms with E-state index in [1.54, 1.807) is 6.92 Å². The Morgan fingerprint density at radius 1 is 1.35 bits per heavy atom. The first-order chi connectivity index (χ1) is 8.00. The second-order valence-electron chi connectivity index (χ2n) is 3.96. The van der Waals surface area contributed by atoms with Crippen LogP contribution < -0.4 is 5.32 Å². The minimum atomic E-state index is -0.224. The number of aryl methyl sites for hydroxylation is 1. The zero-order valence-corrected chi connectivity index (χ0v) is 11.1. The SMILES string of the molecule is CC(=O)CSC(C)C(=O)Nc1ccccc1C. The summed E-state index contributed by atoms with van der Waals surface area (Å²) >= 11 is 1.36. The third-order valence-electron chi connectivity index (χ3n) is 2.31. The van der Waals surface area contributed by atoms with Crippen molar-refractivity contribution in [1.29, 1.82) is 0 Å². The van der Waals surface area contributed by atoms with E-state index in [0.29, 0.717) is 5.75 Å². The monoisotopic (exact) mass is 251 g/mol. The third kappa shape index (κ3) is 4.61. The van der Waals surface area contributed by atoms with E-state index in [1.807, 2.05) is 31.2 Å². The lowest BCUT2D eigenvalue weighted by molar-refractivity contribution is -0.115. The molecule has 1 N–H and O–H groups in total. The van der Waals surface area contributed by atoms with Crippen LogP contribution in [0.4, 0.5) is 5.69 Å². The van der Waals surface area contributed by atoms with Crippen LogP contribution in [0.15, 0.2) is 24.3 Å². The number of carbonyl (C=O) groups excluding carboxylic acids is 2. The number of hydrogen-bond donors (Lipinski definition) is 1. The van der Waals surface area contributed by atoms with Crippen molar-refractivity contribution in [2.45, 2.75) is 26.0 Å². The smallest absolute Gasteiger partial charge is 0.237 e. The largest absolute Gasteiger partial charge is 0.325 e.